The summed E-state index contributed by atoms with van der Waals surface area (Å²) in [4.78, 5) is 14.0. The van der Waals surface area contributed by atoms with Gasteiger partial charge in [-0.3, -0.25) is 9.69 Å². The molecule has 1 N–H and O–H groups in total. The minimum absolute atomic E-state index is 0.507. The fourth-order valence-corrected chi connectivity index (χ4v) is 3.28. The molecule has 18 heavy (non-hydrogen) atoms. The summed E-state index contributed by atoms with van der Waals surface area (Å²) in [6.07, 6.45) is 3.69. The molecule has 2 fully saturated rings. The Labute approximate surface area is 109 Å². The molecule has 0 amide bonds. The van der Waals surface area contributed by atoms with Crippen LogP contribution in [0.1, 0.15) is 39.5 Å². The monoisotopic (exact) mass is 255 g/mol. The lowest BCUT2D eigenvalue weighted by atomic mass is 9.78. The Kier molecular flexibility index (Phi) is 4.28. The van der Waals surface area contributed by atoms with E-state index < -0.39 is 11.4 Å². The van der Waals surface area contributed by atoms with E-state index in [1.165, 1.54) is 12.8 Å². The number of piperidine rings is 1. The number of carboxylic acid groups (broad SMARTS) is 1. The average molecular weight is 255 g/mol. The van der Waals surface area contributed by atoms with E-state index in [1.54, 1.807) is 0 Å². The van der Waals surface area contributed by atoms with Crippen LogP contribution in [0, 0.1) is 11.3 Å². The molecule has 0 bridgehead atoms. The van der Waals surface area contributed by atoms with Gasteiger partial charge in [-0.25, -0.2) is 0 Å². The lowest BCUT2D eigenvalue weighted by Gasteiger charge is -2.43. The van der Waals surface area contributed by atoms with Crippen LogP contribution in [0.2, 0.25) is 0 Å². The third kappa shape index (κ3) is 2.86. The number of aliphatic carboxylic acids is 1. The Bertz CT molecular complexity index is 299. The first-order chi connectivity index (χ1) is 8.53. The number of rotatable bonds is 3. The van der Waals surface area contributed by atoms with Gasteiger partial charge in [0.2, 0.25) is 0 Å². The first-order valence-corrected chi connectivity index (χ1v) is 7.09. The molecular formula is C14H25NO3. The number of hydrogen-bond donors (Lipinski definition) is 1. The Balaban J connectivity index is 2.02. The van der Waals surface area contributed by atoms with Crippen LogP contribution in [0.25, 0.3) is 0 Å². The molecule has 0 spiro atoms. The van der Waals surface area contributed by atoms with Crippen molar-refractivity contribution in [1.29, 1.82) is 0 Å². The van der Waals surface area contributed by atoms with E-state index in [9.17, 15) is 9.90 Å². The molecule has 2 atom stereocenters. The summed E-state index contributed by atoms with van der Waals surface area (Å²) in [6, 6.07) is 0.507. The number of carboxylic acids is 1. The summed E-state index contributed by atoms with van der Waals surface area (Å²) in [5.74, 6) is 0.128. The number of hydrogen-bond acceptors (Lipinski definition) is 3. The molecule has 104 valence electrons. The van der Waals surface area contributed by atoms with Crippen molar-refractivity contribution in [3.05, 3.63) is 0 Å². The molecule has 0 radical (unpaired) electrons. The first-order valence-electron chi connectivity index (χ1n) is 7.09. The number of likely N-dealkylation sites (tertiary alicyclic amines) is 1. The lowest BCUT2D eigenvalue weighted by Crippen LogP contribution is -2.51. The normalized spacial score (nSPS) is 33.2. The van der Waals surface area contributed by atoms with Gasteiger partial charge >= 0.3 is 5.97 Å². The summed E-state index contributed by atoms with van der Waals surface area (Å²) in [5, 5.41) is 9.58. The fraction of sp³-hybridized carbons (Fsp3) is 0.929. The van der Waals surface area contributed by atoms with Crippen molar-refractivity contribution in [2.45, 2.75) is 45.6 Å². The van der Waals surface area contributed by atoms with Crippen LogP contribution in [-0.4, -0.2) is 48.3 Å². The largest absolute Gasteiger partial charge is 0.481 e. The molecule has 2 heterocycles. The van der Waals surface area contributed by atoms with Crippen LogP contribution in [0.15, 0.2) is 0 Å². The minimum Gasteiger partial charge on any atom is -0.481 e. The zero-order valence-electron chi connectivity index (χ0n) is 11.5. The van der Waals surface area contributed by atoms with Crippen LogP contribution in [0.3, 0.4) is 0 Å². The quantitative estimate of drug-likeness (QED) is 0.838. The maximum absolute atomic E-state index is 11.6. The summed E-state index contributed by atoms with van der Waals surface area (Å²) in [7, 11) is 0. The summed E-state index contributed by atoms with van der Waals surface area (Å²) >= 11 is 0. The van der Waals surface area contributed by atoms with Crippen LogP contribution < -0.4 is 0 Å². The van der Waals surface area contributed by atoms with Gasteiger partial charge in [0.1, 0.15) is 0 Å². The van der Waals surface area contributed by atoms with E-state index in [0.29, 0.717) is 38.6 Å². The second kappa shape index (κ2) is 5.57. The van der Waals surface area contributed by atoms with Crippen molar-refractivity contribution in [2.75, 3.05) is 26.3 Å². The van der Waals surface area contributed by atoms with E-state index in [0.717, 1.165) is 12.5 Å². The molecule has 2 rings (SSSR count). The molecule has 0 saturated carbocycles. The highest BCUT2D eigenvalue weighted by atomic mass is 16.5. The maximum atomic E-state index is 11.6. The van der Waals surface area contributed by atoms with Crippen LogP contribution in [0.5, 0.6) is 0 Å². The predicted molar refractivity (Wildman–Crippen MR) is 69.6 cm³/mol. The van der Waals surface area contributed by atoms with E-state index in [4.69, 9.17) is 4.74 Å². The topological polar surface area (TPSA) is 49.8 Å². The molecule has 0 aromatic carbocycles. The first kappa shape index (κ1) is 13.8. The third-order valence-corrected chi connectivity index (χ3v) is 4.69. The Morgan fingerprint density at radius 2 is 2.06 bits per heavy atom. The SMILES string of the molecule is CC1CCN(CC2(C(=O)O)CCOCC2)C(C)C1. The predicted octanol–water partition coefficient (Wildman–Crippen LogP) is 1.99. The van der Waals surface area contributed by atoms with Crippen molar-refractivity contribution < 1.29 is 14.6 Å². The summed E-state index contributed by atoms with van der Waals surface area (Å²) in [6.45, 7) is 7.42. The molecule has 0 aromatic rings. The van der Waals surface area contributed by atoms with Crippen molar-refractivity contribution in [2.24, 2.45) is 11.3 Å². The second-order valence-electron chi connectivity index (χ2n) is 6.15. The smallest absolute Gasteiger partial charge is 0.311 e. The summed E-state index contributed by atoms with van der Waals surface area (Å²) in [5.41, 5.74) is -0.576. The van der Waals surface area contributed by atoms with Crippen LogP contribution >= 0.6 is 0 Å². The second-order valence-corrected chi connectivity index (χ2v) is 6.15. The van der Waals surface area contributed by atoms with Gasteiger partial charge in [-0.2, -0.15) is 0 Å². The Hall–Kier alpha value is -0.610. The Morgan fingerprint density at radius 3 is 2.61 bits per heavy atom. The highest BCUT2D eigenvalue weighted by Crippen LogP contribution is 2.34. The van der Waals surface area contributed by atoms with Crippen molar-refractivity contribution in [1.82, 2.24) is 4.90 Å². The fourth-order valence-electron chi connectivity index (χ4n) is 3.28. The molecule has 4 heteroatoms. The highest BCUT2D eigenvalue weighted by Gasteiger charge is 2.42. The van der Waals surface area contributed by atoms with E-state index >= 15 is 0 Å². The van der Waals surface area contributed by atoms with Gasteiger partial charge in [0.25, 0.3) is 0 Å². The summed E-state index contributed by atoms with van der Waals surface area (Å²) < 4.78 is 5.33. The number of nitrogens with zero attached hydrogens (tertiary/aromatic N) is 1. The van der Waals surface area contributed by atoms with Gasteiger partial charge in [-0.1, -0.05) is 6.92 Å². The number of carbonyl (C=O) groups is 1. The van der Waals surface area contributed by atoms with E-state index in [1.807, 2.05) is 0 Å². The van der Waals surface area contributed by atoms with E-state index in [-0.39, 0.29) is 0 Å². The molecule has 0 aliphatic carbocycles. The van der Waals surface area contributed by atoms with Crippen LogP contribution in [-0.2, 0) is 9.53 Å². The van der Waals surface area contributed by atoms with Gasteiger partial charge < -0.3 is 9.84 Å². The molecule has 2 unspecified atom stereocenters. The van der Waals surface area contributed by atoms with Crippen LogP contribution in [0.4, 0.5) is 0 Å². The molecule has 2 aliphatic heterocycles. The maximum Gasteiger partial charge on any atom is 0.311 e. The zero-order chi connectivity index (χ0) is 13.2. The van der Waals surface area contributed by atoms with Crippen molar-refractivity contribution >= 4 is 5.97 Å². The Morgan fingerprint density at radius 1 is 1.39 bits per heavy atom. The molecule has 2 saturated heterocycles. The standard InChI is InChI=1S/C14H25NO3/c1-11-3-6-15(12(2)9-11)10-14(13(16)17)4-7-18-8-5-14/h11-12H,3-10H2,1-2H3,(H,16,17). The lowest BCUT2D eigenvalue weighted by molar-refractivity contribution is -0.157. The van der Waals surface area contributed by atoms with Crippen molar-refractivity contribution in [3.63, 3.8) is 0 Å². The molecular weight excluding hydrogens is 230 g/mol. The van der Waals surface area contributed by atoms with Gasteiger partial charge in [0.15, 0.2) is 0 Å². The van der Waals surface area contributed by atoms with Gasteiger partial charge in [0.05, 0.1) is 5.41 Å². The minimum atomic E-state index is -0.642. The van der Waals surface area contributed by atoms with Gasteiger partial charge in [-0.15, -0.1) is 0 Å². The number of ether oxygens (including phenoxy) is 1. The van der Waals surface area contributed by atoms with Gasteiger partial charge in [-0.05, 0) is 45.1 Å². The molecule has 4 nitrogen and oxygen atoms in total. The third-order valence-electron chi connectivity index (χ3n) is 4.69. The average Bonchev–Trinajstić information content (AvgIpc) is 2.34. The highest BCUT2D eigenvalue weighted by molar-refractivity contribution is 5.75. The van der Waals surface area contributed by atoms with Crippen molar-refractivity contribution in [3.8, 4) is 0 Å². The zero-order valence-corrected chi connectivity index (χ0v) is 11.5. The molecule has 2 aliphatic rings. The van der Waals surface area contributed by atoms with E-state index in [2.05, 4.69) is 18.7 Å². The molecule has 0 aromatic heterocycles. The van der Waals surface area contributed by atoms with Gasteiger partial charge in [0, 0.05) is 25.8 Å².